The van der Waals surface area contributed by atoms with Gasteiger partial charge in [-0.15, -0.1) is 0 Å². The lowest BCUT2D eigenvalue weighted by Crippen LogP contribution is -2.23. The molecule has 6 heteroatoms. The van der Waals surface area contributed by atoms with E-state index in [1.165, 1.54) is 19.2 Å². The van der Waals surface area contributed by atoms with Crippen LogP contribution in [0.4, 0.5) is 0 Å². The zero-order valence-corrected chi connectivity index (χ0v) is 13.4. The number of ether oxygens (including phenoxy) is 1. The number of ketones is 2. The minimum atomic E-state index is -1.18. The van der Waals surface area contributed by atoms with E-state index in [0.29, 0.717) is 22.4 Å². The molecule has 2 unspecified atom stereocenters. The minimum Gasteiger partial charge on any atom is -0.497 e. The molecular weight excluding hydrogens is 324 g/mol. The van der Waals surface area contributed by atoms with Crippen LogP contribution in [-0.4, -0.2) is 40.1 Å². The SMILES string of the molecule is COc1ccc2c(c1)C(=O)c1c(cc(CO)c3c1CC(O)C3O)C2=O. The van der Waals surface area contributed by atoms with E-state index >= 15 is 0 Å². The lowest BCUT2D eigenvalue weighted by molar-refractivity contribution is 0.0317. The first kappa shape index (κ1) is 16.0. The van der Waals surface area contributed by atoms with Gasteiger partial charge in [-0.25, -0.2) is 0 Å². The van der Waals surface area contributed by atoms with Crippen molar-refractivity contribution in [3.63, 3.8) is 0 Å². The van der Waals surface area contributed by atoms with E-state index in [9.17, 15) is 24.9 Å². The van der Waals surface area contributed by atoms with Crippen LogP contribution in [0.5, 0.6) is 5.75 Å². The van der Waals surface area contributed by atoms with Crippen molar-refractivity contribution >= 4 is 11.6 Å². The van der Waals surface area contributed by atoms with Gasteiger partial charge < -0.3 is 20.1 Å². The van der Waals surface area contributed by atoms with Crippen LogP contribution in [0.2, 0.25) is 0 Å². The summed E-state index contributed by atoms with van der Waals surface area (Å²) in [6.07, 6.45) is -2.19. The summed E-state index contributed by atoms with van der Waals surface area (Å²) in [6, 6.07) is 6.13. The third kappa shape index (κ3) is 2.08. The highest BCUT2D eigenvalue weighted by atomic mass is 16.5. The van der Waals surface area contributed by atoms with Gasteiger partial charge in [0, 0.05) is 28.7 Å². The molecule has 0 aliphatic heterocycles. The first-order chi connectivity index (χ1) is 12.0. The maximum Gasteiger partial charge on any atom is 0.194 e. The standard InChI is InChI=1S/C19H16O6/c1-25-9-2-3-10-11(5-9)18(23)16-12-6-14(21)19(24)15(12)8(7-20)4-13(16)17(10)22/h2-5,14,19-21,24H,6-7H2,1H3. The Balaban J connectivity index is 2.01. The van der Waals surface area contributed by atoms with Gasteiger partial charge in [0.05, 0.1) is 19.8 Å². The summed E-state index contributed by atoms with van der Waals surface area (Å²) < 4.78 is 5.14. The summed E-state index contributed by atoms with van der Waals surface area (Å²) in [4.78, 5) is 25.9. The van der Waals surface area contributed by atoms with Gasteiger partial charge in [0.25, 0.3) is 0 Å². The van der Waals surface area contributed by atoms with Crippen molar-refractivity contribution < 1.29 is 29.6 Å². The zero-order chi connectivity index (χ0) is 17.9. The fraction of sp³-hybridized carbons (Fsp3) is 0.263. The fourth-order valence-corrected chi connectivity index (χ4v) is 3.79. The largest absolute Gasteiger partial charge is 0.497 e. The first-order valence-electron chi connectivity index (χ1n) is 7.91. The van der Waals surface area contributed by atoms with Crippen LogP contribution in [0.1, 0.15) is 54.6 Å². The summed E-state index contributed by atoms with van der Waals surface area (Å²) in [6.45, 7) is -0.393. The number of carbonyl (C=O) groups excluding carboxylic acids is 2. The van der Waals surface area contributed by atoms with Crippen LogP contribution < -0.4 is 4.74 Å². The molecule has 2 aromatic carbocycles. The average Bonchev–Trinajstić information content (AvgIpc) is 2.93. The van der Waals surface area contributed by atoms with E-state index in [2.05, 4.69) is 0 Å². The lowest BCUT2D eigenvalue weighted by atomic mass is 9.79. The smallest absolute Gasteiger partial charge is 0.194 e. The van der Waals surface area contributed by atoms with E-state index < -0.39 is 18.8 Å². The van der Waals surface area contributed by atoms with Crippen molar-refractivity contribution in [1.29, 1.82) is 0 Å². The van der Waals surface area contributed by atoms with Crippen molar-refractivity contribution in [3.8, 4) is 5.75 Å². The summed E-state index contributed by atoms with van der Waals surface area (Å²) in [5.74, 6) is -0.196. The molecule has 6 nitrogen and oxygen atoms in total. The normalized spacial score (nSPS) is 21.0. The number of rotatable bonds is 2. The monoisotopic (exact) mass is 340 g/mol. The Morgan fingerprint density at radius 1 is 1.08 bits per heavy atom. The van der Waals surface area contributed by atoms with Crippen molar-refractivity contribution in [2.24, 2.45) is 0 Å². The molecule has 0 bridgehead atoms. The number of aliphatic hydroxyl groups is 3. The van der Waals surface area contributed by atoms with Crippen LogP contribution in [0.3, 0.4) is 0 Å². The molecule has 0 aromatic heterocycles. The lowest BCUT2D eigenvalue weighted by Gasteiger charge is -2.22. The van der Waals surface area contributed by atoms with Gasteiger partial charge in [0.1, 0.15) is 11.9 Å². The highest BCUT2D eigenvalue weighted by molar-refractivity contribution is 6.29. The Hall–Kier alpha value is -2.54. The molecule has 2 aromatic rings. The first-order valence-corrected chi connectivity index (χ1v) is 7.91. The zero-order valence-electron chi connectivity index (χ0n) is 13.4. The number of hydrogen-bond donors (Lipinski definition) is 3. The van der Waals surface area contributed by atoms with Crippen LogP contribution in [0.25, 0.3) is 0 Å². The molecule has 2 aliphatic rings. The van der Waals surface area contributed by atoms with Gasteiger partial charge in [0.15, 0.2) is 11.6 Å². The number of benzene rings is 2. The Bertz CT molecular complexity index is 930. The van der Waals surface area contributed by atoms with Crippen LogP contribution in [0, 0.1) is 0 Å². The van der Waals surface area contributed by atoms with E-state index in [4.69, 9.17) is 4.74 Å². The van der Waals surface area contributed by atoms with Crippen molar-refractivity contribution in [2.75, 3.05) is 7.11 Å². The van der Waals surface area contributed by atoms with Crippen LogP contribution in [0.15, 0.2) is 24.3 Å². The highest BCUT2D eigenvalue weighted by Gasteiger charge is 2.40. The molecule has 3 N–H and O–H groups in total. The molecule has 4 rings (SSSR count). The second-order valence-corrected chi connectivity index (χ2v) is 6.29. The fourth-order valence-electron chi connectivity index (χ4n) is 3.79. The van der Waals surface area contributed by atoms with Crippen LogP contribution >= 0.6 is 0 Å². The molecule has 0 saturated heterocycles. The molecule has 2 atom stereocenters. The average molecular weight is 340 g/mol. The summed E-state index contributed by atoms with van der Waals surface area (Å²) in [5, 5.41) is 29.9. The molecule has 0 fully saturated rings. The third-order valence-corrected chi connectivity index (χ3v) is 4.99. The van der Waals surface area contributed by atoms with Gasteiger partial charge in [-0.3, -0.25) is 9.59 Å². The topological polar surface area (TPSA) is 104 Å². The van der Waals surface area contributed by atoms with E-state index in [-0.39, 0.29) is 40.2 Å². The summed E-state index contributed by atoms with van der Waals surface area (Å²) in [7, 11) is 1.47. The maximum atomic E-state index is 13.1. The molecular formula is C19H16O6. The molecule has 0 heterocycles. The predicted molar refractivity (Wildman–Crippen MR) is 86.9 cm³/mol. The van der Waals surface area contributed by atoms with Crippen molar-refractivity contribution in [2.45, 2.75) is 25.2 Å². The van der Waals surface area contributed by atoms with E-state index in [1.807, 2.05) is 0 Å². The number of aliphatic hydroxyl groups excluding tert-OH is 3. The molecule has 0 spiro atoms. The Kier molecular flexibility index (Phi) is 3.50. The number of hydrogen-bond acceptors (Lipinski definition) is 6. The van der Waals surface area contributed by atoms with Gasteiger partial charge >= 0.3 is 0 Å². The molecule has 2 aliphatic carbocycles. The van der Waals surface area contributed by atoms with Crippen molar-refractivity contribution in [3.05, 3.63) is 63.2 Å². The second kappa shape index (κ2) is 5.49. The highest BCUT2D eigenvalue weighted by Crippen LogP contribution is 2.41. The molecule has 0 amide bonds. The van der Waals surface area contributed by atoms with Gasteiger partial charge in [0.2, 0.25) is 0 Å². The number of fused-ring (bicyclic) bond motifs is 4. The molecule has 25 heavy (non-hydrogen) atoms. The van der Waals surface area contributed by atoms with Crippen LogP contribution in [-0.2, 0) is 13.0 Å². The number of carbonyl (C=O) groups is 2. The van der Waals surface area contributed by atoms with E-state index in [1.54, 1.807) is 12.1 Å². The maximum absolute atomic E-state index is 13.1. The predicted octanol–water partition coefficient (Wildman–Crippen LogP) is 0.913. The summed E-state index contributed by atoms with van der Waals surface area (Å²) >= 11 is 0. The van der Waals surface area contributed by atoms with E-state index in [0.717, 1.165) is 0 Å². The Morgan fingerprint density at radius 3 is 2.52 bits per heavy atom. The third-order valence-electron chi connectivity index (χ3n) is 4.99. The second-order valence-electron chi connectivity index (χ2n) is 6.29. The summed E-state index contributed by atoms with van der Waals surface area (Å²) in [5.41, 5.74) is 2.07. The van der Waals surface area contributed by atoms with Gasteiger partial charge in [-0.05, 0) is 41.0 Å². The number of methoxy groups -OCH3 is 1. The molecule has 0 saturated carbocycles. The molecule has 0 radical (unpaired) electrons. The van der Waals surface area contributed by atoms with Crippen molar-refractivity contribution in [1.82, 2.24) is 0 Å². The minimum absolute atomic E-state index is 0.0605. The Labute approximate surface area is 143 Å². The quantitative estimate of drug-likeness (QED) is 0.641. The van der Waals surface area contributed by atoms with Gasteiger partial charge in [-0.2, -0.15) is 0 Å². The van der Waals surface area contributed by atoms with Gasteiger partial charge in [-0.1, -0.05) is 0 Å². The molecule has 128 valence electrons. The Morgan fingerprint density at radius 2 is 1.84 bits per heavy atom.